The molecule has 0 saturated heterocycles. The Morgan fingerprint density at radius 1 is 1.32 bits per heavy atom. The molecule has 0 bridgehead atoms. The number of aromatic nitrogens is 1. The first-order valence-corrected chi connectivity index (χ1v) is 8.50. The van der Waals surface area contributed by atoms with Crippen molar-refractivity contribution in [3.63, 3.8) is 0 Å². The number of amides is 1. The SMILES string of the molecule is CCC(N)(CC)CNC(=O)c1ccc(-c2ccsc2)nc1C. The van der Waals surface area contributed by atoms with Gasteiger partial charge in [-0.3, -0.25) is 9.78 Å². The molecule has 0 atom stereocenters. The van der Waals surface area contributed by atoms with Crippen LogP contribution in [0.4, 0.5) is 0 Å². The van der Waals surface area contributed by atoms with Crippen molar-refractivity contribution in [3.8, 4) is 11.3 Å². The molecule has 0 radical (unpaired) electrons. The molecule has 0 spiro atoms. The number of nitrogens with zero attached hydrogens (tertiary/aromatic N) is 1. The fourth-order valence-electron chi connectivity index (χ4n) is 2.22. The van der Waals surface area contributed by atoms with Crippen LogP contribution in [-0.2, 0) is 0 Å². The monoisotopic (exact) mass is 317 g/mol. The first-order chi connectivity index (χ1) is 10.5. The zero-order valence-corrected chi connectivity index (χ0v) is 14.2. The van der Waals surface area contributed by atoms with Crippen LogP contribution in [0.25, 0.3) is 11.3 Å². The number of nitrogens with two attached hydrogens (primary N) is 1. The molecule has 0 unspecified atom stereocenters. The zero-order chi connectivity index (χ0) is 16.2. The Morgan fingerprint density at radius 3 is 2.59 bits per heavy atom. The summed E-state index contributed by atoms with van der Waals surface area (Å²) in [6, 6.07) is 5.75. The number of nitrogens with one attached hydrogen (secondary N) is 1. The van der Waals surface area contributed by atoms with Crippen molar-refractivity contribution in [2.24, 2.45) is 5.73 Å². The van der Waals surface area contributed by atoms with Gasteiger partial charge in [-0.2, -0.15) is 11.3 Å². The van der Waals surface area contributed by atoms with Gasteiger partial charge >= 0.3 is 0 Å². The summed E-state index contributed by atoms with van der Waals surface area (Å²) in [6.07, 6.45) is 1.66. The minimum atomic E-state index is -0.340. The van der Waals surface area contributed by atoms with E-state index in [1.54, 1.807) is 11.3 Å². The molecule has 0 aromatic carbocycles. The molecular weight excluding hydrogens is 294 g/mol. The summed E-state index contributed by atoms with van der Waals surface area (Å²) in [5, 5.41) is 7.00. The summed E-state index contributed by atoms with van der Waals surface area (Å²) >= 11 is 1.63. The van der Waals surface area contributed by atoms with Gasteiger partial charge in [0, 0.05) is 23.0 Å². The third-order valence-electron chi connectivity index (χ3n) is 4.16. The fourth-order valence-corrected chi connectivity index (χ4v) is 2.87. The van der Waals surface area contributed by atoms with Gasteiger partial charge in [0.05, 0.1) is 17.0 Å². The minimum absolute atomic E-state index is 0.112. The molecule has 3 N–H and O–H groups in total. The highest BCUT2D eigenvalue weighted by Crippen LogP contribution is 2.21. The maximum atomic E-state index is 12.3. The molecule has 5 heteroatoms. The average Bonchev–Trinajstić information content (AvgIpc) is 3.06. The van der Waals surface area contributed by atoms with E-state index >= 15 is 0 Å². The normalized spacial score (nSPS) is 11.5. The first-order valence-electron chi connectivity index (χ1n) is 7.56. The Balaban J connectivity index is 2.11. The predicted molar refractivity (Wildman–Crippen MR) is 92.1 cm³/mol. The Bertz CT molecular complexity index is 633. The summed E-state index contributed by atoms with van der Waals surface area (Å²) in [5.74, 6) is -0.112. The topological polar surface area (TPSA) is 68.0 Å². The fraction of sp³-hybridized carbons (Fsp3) is 0.412. The number of pyridine rings is 1. The van der Waals surface area contributed by atoms with E-state index in [0.717, 1.165) is 29.8 Å². The second-order valence-corrected chi connectivity index (χ2v) is 6.37. The van der Waals surface area contributed by atoms with E-state index in [-0.39, 0.29) is 11.4 Å². The zero-order valence-electron chi connectivity index (χ0n) is 13.3. The van der Waals surface area contributed by atoms with Gasteiger partial charge in [-0.05, 0) is 43.3 Å². The summed E-state index contributed by atoms with van der Waals surface area (Å²) in [4.78, 5) is 16.9. The van der Waals surface area contributed by atoms with E-state index in [4.69, 9.17) is 5.73 Å². The van der Waals surface area contributed by atoms with Crippen LogP contribution in [0.1, 0.15) is 42.7 Å². The third kappa shape index (κ3) is 3.72. The third-order valence-corrected chi connectivity index (χ3v) is 4.84. The van der Waals surface area contributed by atoms with Crippen LogP contribution in [0.2, 0.25) is 0 Å². The molecule has 1 amide bonds. The van der Waals surface area contributed by atoms with Gasteiger partial charge in [-0.1, -0.05) is 13.8 Å². The van der Waals surface area contributed by atoms with Crippen LogP contribution in [0.3, 0.4) is 0 Å². The lowest BCUT2D eigenvalue weighted by atomic mass is 9.94. The summed E-state index contributed by atoms with van der Waals surface area (Å²) in [6.45, 7) is 6.42. The predicted octanol–water partition coefficient (Wildman–Crippen LogP) is 3.37. The second-order valence-electron chi connectivity index (χ2n) is 5.59. The number of hydrogen-bond donors (Lipinski definition) is 2. The van der Waals surface area contributed by atoms with E-state index in [1.807, 2.05) is 49.7 Å². The Hall–Kier alpha value is -1.72. The van der Waals surface area contributed by atoms with Crippen LogP contribution < -0.4 is 11.1 Å². The van der Waals surface area contributed by atoms with Crippen molar-refractivity contribution in [1.29, 1.82) is 0 Å². The second kappa shape index (κ2) is 7.03. The summed E-state index contributed by atoms with van der Waals surface area (Å²) in [5.41, 5.74) is 9.19. The number of carbonyl (C=O) groups excluding carboxylic acids is 1. The molecule has 0 aliphatic carbocycles. The minimum Gasteiger partial charge on any atom is -0.350 e. The van der Waals surface area contributed by atoms with Crippen molar-refractivity contribution in [2.45, 2.75) is 39.2 Å². The van der Waals surface area contributed by atoms with Crippen LogP contribution in [-0.4, -0.2) is 23.0 Å². The molecule has 0 fully saturated rings. The van der Waals surface area contributed by atoms with Gasteiger partial charge in [-0.15, -0.1) is 0 Å². The standard InChI is InChI=1S/C17H23N3OS/c1-4-17(18,5-2)11-19-16(21)14-6-7-15(20-12(14)3)13-8-9-22-10-13/h6-10H,4-5,11,18H2,1-3H3,(H,19,21). The maximum absolute atomic E-state index is 12.3. The number of rotatable bonds is 6. The van der Waals surface area contributed by atoms with E-state index in [9.17, 15) is 4.79 Å². The molecule has 2 aromatic heterocycles. The Labute approximate surface area is 135 Å². The van der Waals surface area contributed by atoms with Crippen LogP contribution in [0.5, 0.6) is 0 Å². The molecule has 2 aromatic rings. The smallest absolute Gasteiger partial charge is 0.253 e. The lowest BCUT2D eigenvalue weighted by Crippen LogP contribution is -2.49. The van der Waals surface area contributed by atoms with Crippen molar-refractivity contribution in [2.75, 3.05) is 6.54 Å². The first kappa shape index (κ1) is 16.6. The highest BCUT2D eigenvalue weighted by atomic mass is 32.1. The van der Waals surface area contributed by atoms with Crippen LogP contribution >= 0.6 is 11.3 Å². The summed E-state index contributed by atoms with van der Waals surface area (Å²) in [7, 11) is 0. The van der Waals surface area contributed by atoms with Gasteiger partial charge < -0.3 is 11.1 Å². The Kier molecular flexibility index (Phi) is 5.32. The Morgan fingerprint density at radius 2 is 2.05 bits per heavy atom. The molecular formula is C17H23N3OS. The van der Waals surface area contributed by atoms with Gasteiger partial charge in [0.15, 0.2) is 0 Å². The number of thiophene rings is 1. The average molecular weight is 317 g/mol. The van der Waals surface area contributed by atoms with Crippen molar-refractivity contribution >= 4 is 17.2 Å². The van der Waals surface area contributed by atoms with E-state index < -0.39 is 0 Å². The van der Waals surface area contributed by atoms with Gasteiger partial charge in [0.1, 0.15) is 0 Å². The molecule has 118 valence electrons. The van der Waals surface area contributed by atoms with Crippen molar-refractivity contribution in [3.05, 3.63) is 40.2 Å². The quantitative estimate of drug-likeness (QED) is 0.858. The van der Waals surface area contributed by atoms with Crippen LogP contribution in [0.15, 0.2) is 29.0 Å². The lowest BCUT2D eigenvalue weighted by Gasteiger charge is -2.26. The lowest BCUT2D eigenvalue weighted by molar-refractivity contribution is 0.0941. The van der Waals surface area contributed by atoms with Gasteiger partial charge in [0.2, 0.25) is 0 Å². The molecule has 0 aliphatic heterocycles. The van der Waals surface area contributed by atoms with Crippen molar-refractivity contribution < 1.29 is 4.79 Å². The highest BCUT2D eigenvalue weighted by Gasteiger charge is 2.21. The van der Waals surface area contributed by atoms with Crippen LogP contribution in [0, 0.1) is 6.92 Å². The molecule has 0 saturated carbocycles. The number of carbonyl (C=O) groups is 1. The molecule has 22 heavy (non-hydrogen) atoms. The molecule has 0 aliphatic rings. The van der Waals surface area contributed by atoms with E-state index in [2.05, 4.69) is 10.3 Å². The van der Waals surface area contributed by atoms with Crippen molar-refractivity contribution in [1.82, 2.24) is 10.3 Å². The highest BCUT2D eigenvalue weighted by molar-refractivity contribution is 7.08. The molecule has 2 heterocycles. The largest absolute Gasteiger partial charge is 0.350 e. The van der Waals surface area contributed by atoms with Gasteiger partial charge in [0.25, 0.3) is 5.91 Å². The maximum Gasteiger partial charge on any atom is 0.253 e. The molecule has 4 nitrogen and oxygen atoms in total. The number of hydrogen-bond acceptors (Lipinski definition) is 4. The molecule has 2 rings (SSSR count). The van der Waals surface area contributed by atoms with E-state index in [1.165, 1.54) is 0 Å². The summed E-state index contributed by atoms with van der Waals surface area (Å²) < 4.78 is 0. The van der Waals surface area contributed by atoms with E-state index in [0.29, 0.717) is 12.1 Å². The number of aryl methyl sites for hydroxylation is 1. The van der Waals surface area contributed by atoms with Gasteiger partial charge in [-0.25, -0.2) is 0 Å².